The van der Waals surface area contributed by atoms with Crippen LogP contribution in [0, 0.1) is 0 Å². The first kappa shape index (κ1) is 17.7. The normalized spacial score (nSPS) is 12.6. The van der Waals surface area contributed by atoms with Crippen LogP contribution in [-0.2, 0) is 16.6 Å². The van der Waals surface area contributed by atoms with Crippen molar-refractivity contribution in [2.75, 3.05) is 14.2 Å². The second-order valence-corrected chi connectivity index (χ2v) is 7.96. The van der Waals surface area contributed by atoms with Gasteiger partial charge >= 0.3 is 0 Å². The fraction of sp³-hybridized carbons (Fsp3) is 0.143. The Morgan fingerprint density at radius 1 is 0.966 bits per heavy atom. The average Bonchev–Trinajstić information content (AvgIpc) is 3.40. The Morgan fingerprint density at radius 3 is 2.59 bits per heavy atom. The molecular formula is C21H18N4O3S. The zero-order chi connectivity index (χ0) is 20.0. The summed E-state index contributed by atoms with van der Waals surface area (Å²) in [5.41, 5.74) is 4.96. The van der Waals surface area contributed by atoms with Gasteiger partial charge < -0.3 is 18.9 Å². The molecule has 0 spiro atoms. The number of hydrogen-bond donors (Lipinski definition) is 1. The van der Waals surface area contributed by atoms with Crippen LogP contribution in [0.15, 0.2) is 59.9 Å². The number of aromatic amines is 1. The van der Waals surface area contributed by atoms with Gasteiger partial charge in [-0.2, -0.15) is 0 Å². The minimum absolute atomic E-state index is 0.248. The average molecular weight is 406 g/mol. The molecule has 0 saturated carbocycles. The first-order valence-corrected chi connectivity index (χ1v) is 10.3. The minimum atomic E-state index is -1.38. The maximum absolute atomic E-state index is 13.1. The van der Waals surface area contributed by atoms with Gasteiger partial charge in [0.25, 0.3) is 0 Å². The van der Waals surface area contributed by atoms with Gasteiger partial charge in [-0.3, -0.25) is 4.21 Å². The van der Waals surface area contributed by atoms with Gasteiger partial charge in [0, 0.05) is 18.3 Å². The molecule has 0 bridgehead atoms. The van der Waals surface area contributed by atoms with Crippen molar-refractivity contribution >= 4 is 38.4 Å². The lowest BCUT2D eigenvalue weighted by Crippen LogP contribution is -2.04. The van der Waals surface area contributed by atoms with Gasteiger partial charge in [0.15, 0.2) is 5.16 Å². The van der Waals surface area contributed by atoms with Gasteiger partial charge in [0.05, 0.1) is 64.0 Å². The van der Waals surface area contributed by atoms with Crippen LogP contribution in [0.2, 0.25) is 0 Å². The highest BCUT2D eigenvalue weighted by molar-refractivity contribution is 7.84. The van der Waals surface area contributed by atoms with Crippen LogP contribution in [0.3, 0.4) is 0 Å². The number of ether oxygens (including phenoxy) is 2. The van der Waals surface area contributed by atoms with E-state index in [1.165, 1.54) is 0 Å². The summed E-state index contributed by atoms with van der Waals surface area (Å²) in [5, 5.41) is 0.422. The predicted octanol–water partition coefficient (Wildman–Crippen LogP) is 3.69. The molecule has 5 rings (SSSR count). The first-order chi connectivity index (χ1) is 14.2. The molecule has 1 N–H and O–H groups in total. The molecule has 1 atom stereocenters. The second-order valence-electron chi connectivity index (χ2n) is 6.59. The van der Waals surface area contributed by atoms with Crippen molar-refractivity contribution in [2.45, 2.75) is 10.9 Å². The van der Waals surface area contributed by atoms with Crippen LogP contribution in [0.25, 0.3) is 27.6 Å². The van der Waals surface area contributed by atoms with Gasteiger partial charge in [0.2, 0.25) is 0 Å². The zero-order valence-corrected chi connectivity index (χ0v) is 16.7. The molecule has 0 aliphatic rings. The molecule has 3 heterocycles. The lowest BCUT2D eigenvalue weighted by atomic mass is 10.2. The molecule has 8 heteroatoms. The standard InChI is InChI=1S/C21H18N4O3S/c1-27-13-5-7-15-16(10-13)24-21(23-15)29(26)12-18-19-4-3-9-25(19)20-8-6-14(28-2)11-17(20)22-18/h3-11H,12H2,1-2H3,(H,23,24). The lowest BCUT2D eigenvalue weighted by molar-refractivity contribution is 0.415. The van der Waals surface area contributed by atoms with E-state index in [0.717, 1.165) is 44.8 Å². The molecule has 3 aromatic heterocycles. The van der Waals surface area contributed by atoms with E-state index in [4.69, 9.17) is 14.5 Å². The fourth-order valence-electron chi connectivity index (χ4n) is 3.45. The molecular weight excluding hydrogens is 388 g/mol. The van der Waals surface area contributed by atoms with Crippen LogP contribution < -0.4 is 9.47 Å². The molecule has 146 valence electrons. The number of methoxy groups -OCH3 is 2. The SMILES string of the molecule is COc1ccc2c(c1)nc(CS(=O)c1nc3ccc(OC)cc3[nH]1)c1cccn12. The molecule has 1 unspecified atom stereocenters. The van der Waals surface area contributed by atoms with Crippen molar-refractivity contribution < 1.29 is 13.7 Å². The van der Waals surface area contributed by atoms with Gasteiger partial charge in [-0.15, -0.1) is 0 Å². The smallest absolute Gasteiger partial charge is 0.197 e. The first-order valence-electron chi connectivity index (χ1n) is 9.02. The number of nitrogens with zero attached hydrogens (tertiary/aromatic N) is 3. The van der Waals surface area contributed by atoms with Gasteiger partial charge in [-0.1, -0.05) is 0 Å². The second kappa shape index (κ2) is 6.89. The molecule has 0 aliphatic heterocycles. The summed E-state index contributed by atoms with van der Waals surface area (Å²) in [6.45, 7) is 0. The Labute approximate surface area is 168 Å². The van der Waals surface area contributed by atoms with E-state index in [1.807, 2.05) is 54.7 Å². The number of imidazole rings is 1. The summed E-state index contributed by atoms with van der Waals surface area (Å²) in [5.74, 6) is 1.70. The monoisotopic (exact) mass is 406 g/mol. The van der Waals surface area contributed by atoms with E-state index in [1.54, 1.807) is 14.2 Å². The number of benzene rings is 2. The summed E-state index contributed by atoms with van der Waals surface area (Å²) >= 11 is 0. The highest BCUT2D eigenvalue weighted by atomic mass is 32.2. The third-order valence-corrected chi connectivity index (χ3v) is 6.05. The lowest BCUT2D eigenvalue weighted by Gasteiger charge is -2.09. The predicted molar refractivity (Wildman–Crippen MR) is 112 cm³/mol. The number of hydrogen-bond acceptors (Lipinski definition) is 5. The van der Waals surface area contributed by atoms with Crippen molar-refractivity contribution in [3.8, 4) is 11.5 Å². The Hall–Kier alpha value is -3.39. The molecule has 0 fully saturated rings. The van der Waals surface area contributed by atoms with Crippen molar-refractivity contribution in [1.82, 2.24) is 19.4 Å². The molecule has 2 aromatic carbocycles. The van der Waals surface area contributed by atoms with E-state index in [2.05, 4.69) is 14.4 Å². The van der Waals surface area contributed by atoms with Gasteiger partial charge in [-0.05, 0) is 36.4 Å². The maximum Gasteiger partial charge on any atom is 0.197 e. The fourth-order valence-corrected chi connectivity index (χ4v) is 4.47. The molecule has 5 aromatic rings. The molecule has 7 nitrogen and oxygen atoms in total. The molecule has 0 saturated heterocycles. The van der Waals surface area contributed by atoms with Crippen molar-refractivity contribution in [3.05, 3.63) is 60.4 Å². The van der Waals surface area contributed by atoms with Crippen LogP contribution in [0.5, 0.6) is 11.5 Å². The molecule has 29 heavy (non-hydrogen) atoms. The van der Waals surface area contributed by atoms with E-state index in [9.17, 15) is 4.21 Å². The Balaban J connectivity index is 1.56. The van der Waals surface area contributed by atoms with Crippen LogP contribution in [0.1, 0.15) is 5.69 Å². The molecule has 0 radical (unpaired) electrons. The number of nitrogens with one attached hydrogen (secondary N) is 1. The largest absolute Gasteiger partial charge is 0.497 e. The third-order valence-electron chi connectivity index (χ3n) is 4.89. The topological polar surface area (TPSA) is 81.5 Å². The zero-order valence-electron chi connectivity index (χ0n) is 15.9. The van der Waals surface area contributed by atoms with E-state index in [0.29, 0.717) is 5.16 Å². The van der Waals surface area contributed by atoms with Crippen molar-refractivity contribution in [2.24, 2.45) is 0 Å². The Bertz CT molecular complexity index is 1390. The highest BCUT2D eigenvalue weighted by Gasteiger charge is 2.16. The number of fused-ring (bicyclic) bond motifs is 4. The Kier molecular flexibility index (Phi) is 4.21. The van der Waals surface area contributed by atoms with Crippen LogP contribution in [0.4, 0.5) is 0 Å². The minimum Gasteiger partial charge on any atom is -0.497 e. The summed E-state index contributed by atoms with van der Waals surface area (Å²) in [6, 6.07) is 15.2. The maximum atomic E-state index is 13.1. The summed E-state index contributed by atoms with van der Waals surface area (Å²) in [4.78, 5) is 12.4. The van der Waals surface area contributed by atoms with E-state index >= 15 is 0 Å². The van der Waals surface area contributed by atoms with E-state index < -0.39 is 10.8 Å². The van der Waals surface area contributed by atoms with Crippen LogP contribution in [-0.4, -0.2) is 37.8 Å². The summed E-state index contributed by atoms with van der Waals surface area (Å²) in [7, 11) is 1.86. The number of aromatic nitrogens is 4. The van der Waals surface area contributed by atoms with Crippen LogP contribution >= 0.6 is 0 Å². The highest BCUT2D eigenvalue weighted by Crippen LogP contribution is 2.25. The summed E-state index contributed by atoms with van der Waals surface area (Å²) in [6.07, 6.45) is 1.98. The number of rotatable bonds is 5. The summed E-state index contributed by atoms with van der Waals surface area (Å²) < 4.78 is 25.7. The van der Waals surface area contributed by atoms with Crippen molar-refractivity contribution in [1.29, 1.82) is 0 Å². The number of H-pyrrole nitrogens is 1. The van der Waals surface area contributed by atoms with Gasteiger partial charge in [0.1, 0.15) is 11.5 Å². The van der Waals surface area contributed by atoms with E-state index in [-0.39, 0.29) is 5.75 Å². The quantitative estimate of drug-likeness (QED) is 0.481. The molecule has 0 amide bonds. The third kappa shape index (κ3) is 3.01. The Morgan fingerprint density at radius 2 is 1.76 bits per heavy atom. The van der Waals surface area contributed by atoms with Crippen molar-refractivity contribution in [3.63, 3.8) is 0 Å². The molecule has 0 aliphatic carbocycles. The van der Waals surface area contributed by atoms with Gasteiger partial charge in [-0.25, -0.2) is 9.97 Å².